The third kappa shape index (κ3) is 4.21. The monoisotopic (exact) mass is 373 g/mol. The Morgan fingerprint density at radius 3 is 2.64 bits per heavy atom. The van der Waals surface area contributed by atoms with Gasteiger partial charge in [0.1, 0.15) is 6.61 Å². The second kappa shape index (κ2) is 8.67. The van der Waals surface area contributed by atoms with Crippen molar-refractivity contribution in [3.63, 3.8) is 0 Å². The highest BCUT2D eigenvalue weighted by atomic mass is 16.5. The van der Waals surface area contributed by atoms with Crippen LogP contribution in [0.4, 0.5) is 0 Å². The molecule has 2 heterocycles. The molecule has 2 aromatic carbocycles. The van der Waals surface area contributed by atoms with E-state index in [-0.39, 0.29) is 11.6 Å². The lowest BCUT2D eigenvalue weighted by molar-refractivity contribution is 0.316. The average molecular weight is 373 g/mol. The Balaban J connectivity index is 1.57. The number of allylic oxidation sites excluding steroid dienone is 1. The molecule has 0 saturated heterocycles. The number of rotatable bonds is 5. The molecular weight excluding hydrogens is 350 g/mol. The summed E-state index contributed by atoms with van der Waals surface area (Å²) in [4.78, 5) is 12.9. The van der Waals surface area contributed by atoms with Crippen molar-refractivity contribution >= 4 is 6.08 Å². The van der Waals surface area contributed by atoms with E-state index in [2.05, 4.69) is 22.5 Å². The van der Waals surface area contributed by atoms with Crippen LogP contribution in [0.15, 0.2) is 77.7 Å². The topological polar surface area (TPSA) is 56.2 Å². The molecule has 1 atom stereocenters. The summed E-state index contributed by atoms with van der Waals surface area (Å²) in [6.07, 6.45) is 6.47. The van der Waals surface area contributed by atoms with Crippen molar-refractivity contribution in [3.05, 3.63) is 100.0 Å². The molecule has 1 N–H and O–H groups in total. The van der Waals surface area contributed by atoms with Gasteiger partial charge in [0.15, 0.2) is 5.75 Å². The van der Waals surface area contributed by atoms with Gasteiger partial charge in [0.2, 0.25) is 0 Å². The van der Waals surface area contributed by atoms with E-state index in [1.807, 2.05) is 60.7 Å². The lowest BCUT2D eigenvalue weighted by Crippen LogP contribution is -2.27. The number of hydrogen-bond acceptors (Lipinski definition) is 4. The van der Waals surface area contributed by atoms with Gasteiger partial charge in [-0.3, -0.25) is 4.79 Å². The van der Waals surface area contributed by atoms with Crippen LogP contribution in [0.2, 0.25) is 0 Å². The molecule has 0 amide bonds. The van der Waals surface area contributed by atoms with Gasteiger partial charge in [-0.05, 0) is 17.5 Å². The summed E-state index contributed by atoms with van der Waals surface area (Å²) in [6.45, 7) is 1.57. The number of benzene rings is 2. The molecule has 0 aliphatic carbocycles. The number of nitrogens with one attached hydrogen (secondary N) is 1. The molecule has 142 valence electrons. The molecule has 0 fully saturated rings. The fourth-order valence-electron chi connectivity index (χ4n) is 3.39. The van der Waals surface area contributed by atoms with Gasteiger partial charge >= 0.3 is 5.56 Å². The van der Waals surface area contributed by atoms with Crippen LogP contribution in [0.3, 0.4) is 0 Å². The molecule has 0 radical (unpaired) electrons. The van der Waals surface area contributed by atoms with E-state index >= 15 is 0 Å². The van der Waals surface area contributed by atoms with Crippen molar-refractivity contribution in [1.29, 1.82) is 0 Å². The minimum atomic E-state index is -0.183. The summed E-state index contributed by atoms with van der Waals surface area (Å²) >= 11 is 0. The molecule has 5 nitrogen and oxygen atoms in total. The van der Waals surface area contributed by atoms with Crippen LogP contribution in [0.1, 0.15) is 22.7 Å². The molecule has 0 saturated carbocycles. The van der Waals surface area contributed by atoms with Crippen molar-refractivity contribution in [2.45, 2.75) is 19.0 Å². The molecule has 1 aromatic heterocycles. The lowest BCUT2D eigenvalue weighted by Gasteiger charge is -2.17. The number of fused-ring (bicyclic) bond motifs is 1. The fourth-order valence-corrected chi connectivity index (χ4v) is 3.39. The third-order valence-corrected chi connectivity index (χ3v) is 4.81. The van der Waals surface area contributed by atoms with E-state index in [1.165, 1.54) is 10.2 Å². The van der Waals surface area contributed by atoms with E-state index in [0.29, 0.717) is 25.4 Å². The zero-order valence-corrected chi connectivity index (χ0v) is 15.6. The van der Waals surface area contributed by atoms with Gasteiger partial charge < -0.3 is 10.1 Å². The normalized spacial score (nSPS) is 16.4. The quantitative estimate of drug-likeness (QED) is 0.746. The second-order valence-electron chi connectivity index (χ2n) is 6.77. The molecule has 1 unspecified atom stereocenters. The van der Waals surface area contributed by atoms with E-state index < -0.39 is 0 Å². The largest absolute Gasteiger partial charge is 0.486 e. The van der Waals surface area contributed by atoms with E-state index in [0.717, 1.165) is 17.5 Å². The Hall–Kier alpha value is -3.18. The first kappa shape index (κ1) is 18.2. The predicted octanol–water partition coefficient (Wildman–Crippen LogP) is 3.22. The number of aromatic nitrogens is 2. The maximum atomic E-state index is 12.9. The molecule has 0 bridgehead atoms. The summed E-state index contributed by atoms with van der Waals surface area (Å²) in [7, 11) is 0. The van der Waals surface area contributed by atoms with Crippen LogP contribution < -0.4 is 15.6 Å². The van der Waals surface area contributed by atoms with Gasteiger partial charge in [0.05, 0.1) is 12.7 Å². The smallest absolute Gasteiger partial charge is 0.309 e. The summed E-state index contributed by atoms with van der Waals surface area (Å²) in [5.41, 5.74) is 2.95. The SMILES string of the molecule is O=c1c2c(cnn1CC=Cc1ccccc1)C(Cc1ccccc1)NCCO2. The van der Waals surface area contributed by atoms with Gasteiger partial charge in [-0.1, -0.05) is 72.8 Å². The number of nitrogens with zero attached hydrogens (tertiary/aromatic N) is 2. The second-order valence-corrected chi connectivity index (χ2v) is 6.77. The van der Waals surface area contributed by atoms with Gasteiger partial charge in [0, 0.05) is 18.2 Å². The Labute approximate surface area is 164 Å². The molecule has 0 spiro atoms. The Morgan fingerprint density at radius 2 is 1.86 bits per heavy atom. The first-order valence-corrected chi connectivity index (χ1v) is 9.53. The summed E-state index contributed by atoms with van der Waals surface area (Å²) < 4.78 is 7.24. The molecule has 1 aliphatic heterocycles. The third-order valence-electron chi connectivity index (χ3n) is 4.81. The zero-order valence-electron chi connectivity index (χ0n) is 15.6. The molecule has 5 heteroatoms. The Kier molecular flexibility index (Phi) is 5.64. The summed E-state index contributed by atoms with van der Waals surface area (Å²) in [6, 6.07) is 20.2. The van der Waals surface area contributed by atoms with Crippen molar-refractivity contribution in [1.82, 2.24) is 15.1 Å². The zero-order chi connectivity index (χ0) is 19.2. The minimum absolute atomic E-state index is 0.00890. The molecule has 3 aromatic rings. The van der Waals surface area contributed by atoms with Crippen LogP contribution in [0.5, 0.6) is 5.75 Å². The Bertz CT molecular complexity index is 997. The van der Waals surface area contributed by atoms with Crippen molar-refractivity contribution < 1.29 is 4.74 Å². The van der Waals surface area contributed by atoms with Gasteiger partial charge in [-0.25, -0.2) is 4.68 Å². The van der Waals surface area contributed by atoms with Crippen LogP contribution in [-0.2, 0) is 13.0 Å². The predicted molar refractivity (Wildman–Crippen MR) is 110 cm³/mol. The van der Waals surface area contributed by atoms with Crippen molar-refractivity contribution in [3.8, 4) is 5.75 Å². The first-order valence-electron chi connectivity index (χ1n) is 9.53. The van der Waals surface area contributed by atoms with Crippen molar-refractivity contribution in [2.24, 2.45) is 0 Å². The molecule has 28 heavy (non-hydrogen) atoms. The molecule has 1 aliphatic rings. The molecular formula is C23H23N3O2. The minimum Gasteiger partial charge on any atom is -0.486 e. The highest BCUT2D eigenvalue weighted by Crippen LogP contribution is 2.26. The van der Waals surface area contributed by atoms with Crippen molar-refractivity contribution in [2.75, 3.05) is 13.2 Å². The number of hydrogen-bond donors (Lipinski definition) is 1. The fraction of sp³-hybridized carbons (Fsp3) is 0.217. The van der Waals surface area contributed by atoms with Crippen LogP contribution in [0.25, 0.3) is 6.08 Å². The van der Waals surface area contributed by atoms with Crippen LogP contribution >= 0.6 is 0 Å². The highest BCUT2D eigenvalue weighted by Gasteiger charge is 2.23. The van der Waals surface area contributed by atoms with E-state index in [4.69, 9.17) is 4.74 Å². The van der Waals surface area contributed by atoms with E-state index in [1.54, 1.807) is 6.20 Å². The first-order chi connectivity index (χ1) is 13.8. The maximum Gasteiger partial charge on any atom is 0.309 e. The maximum absolute atomic E-state index is 12.9. The number of ether oxygens (including phenoxy) is 1. The van der Waals surface area contributed by atoms with Gasteiger partial charge in [-0.2, -0.15) is 5.10 Å². The van der Waals surface area contributed by atoms with Crippen LogP contribution in [-0.4, -0.2) is 22.9 Å². The van der Waals surface area contributed by atoms with Gasteiger partial charge in [0.25, 0.3) is 0 Å². The van der Waals surface area contributed by atoms with Crippen LogP contribution in [0, 0.1) is 0 Å². The Morgan fingerprint density at radius 1 is 1.11 bits per heavy atom. The highest BCUT2D eigenvalue weighted by molar-refractivity contribution is 5.48. The average Bonchev–Trinajstić information content (AvgIpc) is 2.94. The molecule has 4 rings (SSSR count). The summed E-state index contributed by atoms with van der Waals surface area (Å²) in [5, 5.41) is 7.86. The lowest BCUT2D eigenvalue weighted by atomic mass is 10.00. The standard InChI is InChI=1S/C23H23N3O2/c27-23-22-20(17-25-26(23)14-7-12-18-8-3-1-4-9-18)21(24-13-15-28-22)16-19-10-5-2-6-11-19/h1-12,17,21,24H,13-16H2. The van der Waals surface area contributed by atoms with Gasteiger partial charge in [-0.15, -0.1) is 0 Å². The summed E-state index contributed by atoms with van der Waals surface area (Å²) in [5.74, 6) is 0.411. The van der Waals surface area contributed by atoms with E-state index in [9.17, 15) is 4.79 Å².